The van der Waals surface area contributed by atoms with Gasteiger partial charge in [0, 0.05) is 28.3 Å². The lowest BCUT2D eigenvalue weighted by Gasteiger charge is -2.09. The Morgan fingerprint density at radius 2 is 1.77 bits per heavy atom. The molecule has 0 atom stereocenters. The average Bonchev–Trinajstić information content (AvgIpc) is 2.94. The second-order valence-electron chi connectivity index (χ2n) is 5.80. The summed E-state index contributed by atoms with van der Waals surface area (Å²) < 4.78 is 5.18. The summed E-state index contributed by atoms with van der Waals surface area (Å²) in [5.74, 6) is 0.616. The van der Waals surface area contributed by atoms with Gasteiger partial charge in [-0.25, -0.2) is 0 Å². The van der Waals surface area contributed by atoms with Crippen LogP contribution in [0.5, 0.6) is 5.75 Å². The molecule has 5 nitrogen and oxygen atoms in total. The summed E-state index contributed by atoms with van der Waals surface area (Å²) in [5.41, 5.74) is 5.39. The lowest BCUT2D eigenvalue weighted by molar-refractivity contribution is 0.106. The third-order valence-corrected chi connectivity index (χ3v) is 4.41. The van der Waals surface area contributed by atoms with Crippen molar-refractivity contribution in [3.8, 4) is 5.75 Å². The Morgan fingerprint density at radius 3 is 2.54 bits per heavy atom. The van der Waals surface area contributed by atoms with E-state index in [-0.39, 0.29) is 5.78 Å². The average molecular weight is 361 g/mol. The Hall–Kier alpha value is -3.25. The number of ketones is 1. The quantitative estimate of drug-likeness (QED) is 0.550. The third kappa shape index (κ3) is 2.80. The van der Waals surface area contributed by atoms with Crippen molar-refractivity contribution in [3.05, 3.63) is 71.8 Å². The zero-order valence-electron chi connectivity index (χ0n) is 13.9. The largest absolute Gasteiger partial charge is 0.497 e. The van der Waals surface area contributed by atoms with E-state index in [1.165, 1.54) is 0 Å². The molecule has 0 saturated heterocycles. The number of carbonyl (C=O) groups is 1. The maximum absolute atomic E-state index is 12.7. The minimum absolute atomic E-state index is 0.103. The number of ether oxygens (including phenoxy) is 1. The Balaban J connectivity index is 1.57. The van der Waals surface area contributed by atoms with Crippen molar-refractivity contribution in [1.29, 1.82) is 0 Å². The molecule has 128 valence electrons. The summed E-state index contributed by atoms with van der Waals surface area (Å²) in [6.45, 7) is 0. The molecule has 3 aromatic rings. The maximum Gasteiger partial charge on any atom is 0.214 e. The van der Waals surface area contributed by atoms with Crippen molar-refractivity contribution in [1.82, 2.24) is 5.43 Å². The number of methoxy groups -OCH3 is 1. The van der Waals surface area contributed by atoms with Gasteiger partial charge in [0.1, 0.15) is 11.5 Å². The van der Waals surface area contributed by atoms with Gasteiger partial charge in [0.2, 0.25) is 5.78 Å². The van der Waals surface area contributed by atoms with Crippen LogP contribution in [0.25, 0.3) is 10.8 Å². The van der Waals surface area contributed by atoms with Gasteiger partial charge in [-0.2, -0.15) is 5.10 Å². The first-order valence-electron chi connectivity index (χ1n) is 8.03. The van der Waals surface area contributed by atoms with Gasteiger partial charge >= 0.3 is 0 Å². The molecule has 0 aliphatic heterocycles. The molecule has 0 amide bonds. The van der Waals surface area contributed by atoms with Gasteiger partial charge in [-0.1, -0.05) is 42.5 Å². The molecule has 0 aromatic heterocycles. The van der Waals surface area contributed by atoms with Crippen molar-refractivity contribution in [3.63, 3.8) is 0 Å². The van der Waals surface area contributed by atoms with Gasteiger partial charge in [0.25, 0.3) is 0 Å². The van der Waals surface area contributed by atoms with Crippen molar-refractivity contribution >= 4 is 45.3 Å². The number of benzene rings is 3. The van der Waals surface area contributed by atoms with Gasteiger partial charge in [-0.05, 0) is 29.7 Å². The molecule has 0 saturated carbocycles. The molecule has 1 aliphatic rings. The van der Waals surface area contributed by atoms with Gasteiger partial charge in [0.05, 0.1) is 7.11 Å². The van der Waals surface area contributed by atoms with Crippen molar-refractivity contribution in [2.45, 2.75) is 0 Å². The number of Topliss-reactive ketones (excluding diaryl/α,β-unsaturated/α-hetero) is 1. The number of nitrogens with one attached hydrogen (secondary N) is 2. The Bertz CT molecular complexity index is 1070. The molecule has 3 aromatic carbocycles. The minimum Gasteiger partial charge on any atom is -0.497 e. The number of hydrogen-bond acceptors (Lipinski definition) is 4. The van der Waals surface area contributed by atoms with Crippen molar-refractivity contribution < 1.29 is 9.53 Å². The SMILES string of the molecule is COc1cccc(NC(=S)N/N=C2/C(=O)c3cccc4cccc2c34)c1. The van der Waals surface area contributed by atoms with Crippen molar-refractivity contribution in [2.24, 2.45) is 5.10 Å². The number of hydrazone groups is 1. The lowest BCUT2D eigenvalue weighted by atomic mass is 10.1. The fraction of sp³-hybridized carbons (Fsp3) is 0.0500. The first-order chi connectivity index (χ1) is 12.7. The molecular formula is C20H15N3O2S. The molecular weight excluding hydrogens is 346 g/mol. The predicted molar refractivity (Wildman–Crippen MR) is 107 cm³/mol. The van der Waals surface area contributed by atoms with Gasteiger partial charge < -0.3 is 10.1 Å². The predicted octanol–water partition coefficient (Wildman–Crippen LogP) is 3.74. The highest BCUT2D eigenvalue weighted by molar-refractivity contribution is 7.80. The molecule has 2 N–H and O–H groups in total. The van der Waals surface area contributed by atoms with Crippen LogP contribution in [0.4, 0.5) is 5.69 Å². The maximum atomic E-state index is 12.7. The highest BCUT2D eigenvalue weighted by Crippen LogP contribution is 2.30. The molecule has 0 fully saturated rings. The molecule has 1 aliphatic carbocycles. The summed E-state index contributed by atoms with van der Waals surface area (Å²) >= 11 is 5.28. The smallest absolute Gasteiger partial charge is 0.214 e. The minimum atomic E-state index is -0.103. The zero-order chi connectivity index (χ0) is 18.1. The third-order valence-electron chi connectivity index (χ3n) is 4.22. The number of rotatable bonds is 3. The van der Waals surface area contributed by atoms with Crippen LogP contribution in [0.2, 0.25) is 0 Å². The van der Waals surface area contributed by atoms with Gasteiger partial charge in [-0.3, -0.25) is 10.2 Å². The number of nitrogens with zero attached hydrogens (tertiary/aromatic N) is 1. The molecule has 4 rings (SSSR count). The van der Waals surface area contributed by atoms with Crippen LogP contribution >= 0.6 is 12.2 Å². The van der Waals surface area contributed by atoms with Crippen LogP contribution in [0.1, 0.15) is 15.9 Å². The Kier molecular flexibility index (Phi) is 4.10. The summed E-state index contributed by atoms with van der Waals surface area (Å²) in [5, 5.41) is 9.54. The molecule has 0 spiro atoms. The van der Waals surface area contributed by atoms with Crippen LogP contribution in [-0.2, 0) is 0 Å². The highest BCUT2D eigenvalue weighted by atomic mass is 32.1. The van der Waals surface area contributed by atoms with E-state index < -0.39 is 0 Å². The molecule has 0 heterocycles. The monoisotopic (exact) mass is 361 g/mol. The second-order valence-corrected chi connectivity index (χ2v) is 6.20. The lowest BCUT2D eigenvalue weighted by Crippen LogP contribution is -2.26. The van der Waals surface area contributed by atoms with E-state index in [0.29, 0.717) is 16.4 Å². The molecule has 26 heavy (non-hydrogen) atoms. The normalized spacial score (nSPS) is 13.9. The Morgan fingerprint density at radius 1 is 1.04 bits per heavy atom. The molecule has 0 bridgehead atoms. The fourth-order valence-corrected chi connectivity index (χ4v) is 3.22. The van der Waals surface area contributed by atoms with E-state index in [2.05, 4.69) is 15.8 Å². The Labute approximate surface area is 155 Å². The first kappa shape index (κ1) is 16.2. The van der Waals surface area contributed by atoms with Crippen LogP contribution in [0, 0.1) is 0 Å². The van der Waals surface area contributed by atoms with E-state index in [0.717, 1.165) is 27.8 Å². The highest BCUT2D eigenvalue weighted by Gasteiger charge is 2.28. The molecule has 0 radical (unpaired) electrons. The summed E-state index contributed by atoms with van der Waals surface area (Å²) in [7, 11) is 1.60. The van der Waals surface area contributed by atoms with Gasteiger partial charge in [-0.15, -0.1) is 0 Å². The van der Waals surface area contributed by atoms with Crippen LogP contribution < -0.4 is 15.5 Å². The topological polar surface area (TPSA) is 62.7 Å². The first-order valence-corrected chi connectivity index (χ1v) is 8.44. The van der Waals surface area contributed by atoms with E-state index >= 15 is 0 Å². The number of carbonyl (C=O) groups excluding carboxylic acids is 1. The standard InChI is InChI=1S/C20H15N3O2S/c1-25-14-8-4-7-13(11-14)21-20(26)23-22-18-15-9-2-5-12-6-3-10-16(17(12)15)19(18)24/h2-11H,1H3,(H2,21,23,26)/b22-18+. The number of anilines is 1. The van der Waals surface area contributed by atoms with E-state index in [9.17, 15) is 4.79 Å². The number of thiocarbonyl (C=S) groups is 1. The molecule has 0 unspecified atom stereocenters. The molecule has 6 heteroatoms. The zero-order valence-corrected chi connectivity index (χ0v) is 14.8. The number of hydrogen-bond donors (Lipinski definition) is 2. The van der Waals surface area contributed by atoms with E-state index in [4.69, 9.17) is 17.0 Å². The van der Waals surface area contributed by atoms with Crippen LogP contribution in [0.3, 0.4) is 0 Å². The van der Waals surface area contributed by atoms with Crippen LogP contribution in [-0.4, -0.2) is 23.7 Å². The van der Waals surface area contributed by atoms with E-state index in [1.807, 2.05) is 60.7 Å². The van der Waals surface area contributed by atoms with Gasteiger partial charge in [0.15, 0.2) is 5.11 Å². The summed E-state index contributed by atoms with van der Waals surface area (Å²) in [6.07, 6.45) is 0. The second kappa shape index (κ2) is 6.57. The summed E-state index contributed by atoms with van der Waals surface area (Å²) in [4.78, 5) is 12.7. The van der Waals surface area contributed by atoms with Crippen molar-refractivity contribution in [2.75, 3.05) is 12.4 Å². The van der Waals surface area contributed by atoms with Crippen LogP contribution in [0.15, 0.2) is 65.8 Å². The summed E-state index contributed by atoms with van der Waals surface area (Å²) in [6, 6.07) is 18.9. The van der Waals surface area contributed by atoms with E-state index in [1.54, 1.807) is 7.11 Å². The fourth-order valence-electron chi connectivity index (χ4n) is 3.05.